The Bertz CT molecular complexity index is 1090. The van der Waals surface area contributed by atoms with E-state index in [2.05, 4.69) is 34.7 Å². The van der Waals surface area contributed by atoms with Crippen molar-refractivity contribution in [3.05, 3.63) is 53.6 Å². The van der Waals surface area contributed by atoms with E-state index < -0.39 is 10.0 Å². The van der Waals surface area contributed by atoms with Crippen molar-refractivity contribution in [2.45, 2.75) is 37.5 Å². The number of nitrogens with one attached hydrogen (secondary N) is 1. The summed E-state index contributed by atoms with van der Waals surface area (Å²) >= 11 is 0. The average Bonchev–Trinajstić information content (AvgIpc) is 3.24. The third kappa shape index (κ3) is 5.33. The fourth-order valence-corrected chi connectivity index (χ4v) is 5.70. The van der Waals surface area contributed by atoms with E-state index in [0.29, 0.717) is 43.3 Å². The quantitative estimate of drug-likeness (QED) is 0.598. The van der Waals surface area contributed by atoms with Crippen molar-refractivity contribution in [2.24, 2.45) is 5.92 Å². The van der Waals surface area contributed by atoms with Crippen molar-refractivity contribution in [1.82, 2.24) is 9.62 Å². The molecule has 0 saturated carbocycles. The third-order valence-corrected chi connectivity index (χ3v) is 8.12. The molecule has 2 aliphatic heterocycles. The Morgan fingerprint density at radius 2 is 1.88 bits per heavy atom. The molecule has 2 aliphatic rings. The second-order valence-corrected chi connectivity index (χ2v) is 10.7. The lowest BCUT2D eigenvalue weighted by Crippen LogP contribution is -2.38. The zero-order chi connectivity index (χ0) is 23.4. The van der Waals surface area contributed by atoms with E-state index >= 15 is 0 Å². The van der Waals surface area contributed by atoms with Crippen molar-refractivity contribution in [3.63, 3.8) is 0 Å². The second-order valence-electron chi connectivity index (χ2n) is 8.95. The van der Waals surface area contributed by atoms with Crippen LogP contribution in [0.5, 0.6) is 5.75 Å². The second kappa shape index (κ2) is 10.1. The van der Waals surface area contributed by atoms with Gasteiger partial charge in [0, 0.05) is 38.4 Å². The van der Waals surface area contributed by atoms with Crippen LogP contribution in [0.3, 0.4) is 0 Å². The highest BCUT2D eigenvalue weighted by Crippen LogP contribution is 2.28. The first kappa shape index (κ1) is 23.6. The van der Waals surface area contributed by atoms with Crippen molar-refractivity contribution < 1.29 is 17.9 Å². The Balaban J connectivity index is 1.39. The van der Waals surface area contributed by atoms with E-state index in [9.17, 15) is 13.2 Å². The summed E-state index contributed by atoms with van der Waals surface area (Å²) in [6.45, 7) is 5.63. The lowest BCUT2D eigenvalue weighted by atomic mass is 9.98. The number of amides is 1. The van der Waals surface area contributed by atoms with E-state index in [1.54, 1.807) is 11.0 Å². The highest BCUT2D eigenvalue weighted by atomic mass is 32.2. The van der Waals surface area contributed by atoms with E-state index in [4.69, 9.17) is 4.74 Å². The van der Waals surface area contributed by atoms with Gasteiger partial charge in [0.1, 0.15) is 5.75 Å². The van der Waals surface area contributed by atoms with Gasteiger partial charge in [-0.2, -0.15) is 0 Å². The standard InChI is InChI=1S/C25H33N3O4S/c1-19-10-15-28(16-11-19)25(29)22-18-21(8-9-24(22)32-2)33(30,31)26-13-5-14-27-17-12-20-6-3-4-7-23(20)27/h3-4,6-9,18-19,26H,5,10-17H2,1-2H3. The number of likely N-dealkylation sites (tertiary alicyclic amines) is 1. The molecule has 1 N–H and O–H groups in total. The molecule has 8 heteroatoms. The number of carbonyl (C=O) groups is 1. The van der Waals surface area contributed by atoms with Gasteiger partial charge >= 0.3 is 0 Å². The van der Waals surface area contributed by atoms with Gasteiger partial charge in [-0.3, -0.25) is 4.79 Å². The number of nitrogens with zero attached hydrogens (tertiary/aromatic N) is 2. The van der Waals surface area contributed by atoms with Crippen LogP contribution in [-0.4, -0.2) is 59.1 Å². The normalized spacial score (nSPS) is 16.7. The average molecular weight is 472 g/mol. The van der Waals surface area contributed by atoms with E-state index in [0.717, 1.165) is 32.4 Å². The summed E-state index contributed by atoms with van der Waals surface area (Å²) in [6, 6.07) is 12.8. The predicted octanol–water partition coefficient (Wildman–Crippen LogP) is 3.30. The van der Waals surface area contributed by atoms with E-state index in [1.807, 2.05) is 6.07 Å². The van der Waals surface area contributed by atoms with Crippen molar-refractivity contribution >= 4 is 21.6 Å². The molecular weight excluding hydrogens is 438 g/mol. The smallest absolute Gasteiger partial charge is 0.257 e. The van der Waals surface area contributed by atoms with Crippen molar-refractivity contribution in [1.29, 1.82) is 0 Å². The van der Waals surface area contributed by atoms with Crippen LogP contribution in [0.15, 0.2) is 47.4 Å². The maximum atomic E-state index is 13.1. The zero-order valence-corrected chi connectivity index (χ0v) is 20.2. The van der Waals surface area contributed by atoms with Gasteiger partial charge in [-0.25, -0.2) is 13.1 Å². The minimum Gasteiger partial charge on any atom is -0.496 e. The van der Waals surface area contributed by atoms with Gasteiger partial charge in [0.15, 0.2) is 0 Å². The first-order chi connectivity index (χ1) is 15.9. The van der Waals surface area contributed by atoms with E-state index in [-0.39, 0.29) is 10.8 Å². The number of hydrogen-bond donors (Lipinski definition) is 1. The monoisotopic (exact) mass is 471 g/mol. The SMILES string of the molecule is COc1ccc(S(=O)(=O)NCCCN2CCc3ccccc32)cc1C(=O)N1CCC(C)CC1. The number of hydrogen-bond acceptors (Lipinski definition) is 5. The number of methoxy groups -OCH3 is 1. The third-order valence-electron chi connectivity index (χ3n) is 6.66. The number of piperidine rings is 1. The topological polar surface area (TPSA) is 79.0 Å². The number of sulfonamides is 1. The number of ether oxygens (including phenoxy) is 1. The fourth-order valence-electron chi connectivity index (χ4n) is 4.60. The molecule has 0 bridgehead atoms. The molecule has 0 unspecified atom stereocenters. The molecule has 0 aromatic heterocycles. The van der Waals surface area contributed by atoms with E-state index in [1.165, 1.54) is 30.5 Å². The van der Waals surface area contributed by atoms with Gasteiger partial charge in [-0.15, -0.1) is 0 Å². The summed E-state index contributed by atoms with van der Waals surface area (Å²) < 4.78 is 33.9. The molecule has 0 aliphatic carbocycles. The summed E-state index contributed by atoms with van der Waals surface area (Å²) in [5.41, 5.74) is 2.88. The Morgan fingerprint density at radius 1 is 1.12 bits per heavy atom. The maximum absolute atomic E-state index is 13.1. The summed E-state index contributed by atoms with van der Waals surface area (Å²) in [5, 5.41) is 0. The fraction of sp³-hybridized carbons (Fsp3) is 0.480. The minimum atomic E-state index is -3.73. The number of rotatable bonds is 8. The van der Waals surface area contributed by atoms with Crippen LogP contribution in [0.2, 0.25) is 0 Å². The summed E-state index contributed by atoms with van der Waals surface area (Å²) in [4.78, 5) is 17.3. The molecule has 1 amide bonds. The van der Waals surface area contributed by atoms with Gasteiger partial charge in [0.2, 0.25) is 10.0 Å². The molecule has 0 radical (unpaired) electrons. The van der Waals surface area contributed by atoms with Crippen LogP contribution >= 0.6 is 0 Å². The summed E-state index contributed by atoms with van der Waals surface area (Å²) in [5.74, 6) is 0.815. The molecule has 2 heterocycles. The van der Waals surface area contributed by atoms with Crippen molar-refractivity contribution in [3.8, 4) is 5.75 Å². The number of carbonyl (C=O) groups excluding carboxylic acids is 1. The molecule has 33 heavy (non-hydrogen) atoms. The Labute approximate surface area is 196 Å². The highest BCUT2D eigenvalue weighted by molar-refractivity contribution is 7.89. The highest BCUT2D eigenvalue weighted by Gasteiger charge is 2.26. The summed E-state index contributed by atoms with van der Waals surface area (Å²) in [7, 11) is -2.24. The van der Waals surface area contributed by atoms with Crippen LogP contribution in [0.25, 0.3) is 0 Å². The Hall–Kier alpha value is -2.58. The molecule has 4 rings (SSSR count). The largest absolute Gasteiger partial charge is 0.496 e. The lowest BCUT2D eigenvalue weighted by Gasteiger charge is -2.30. The molecule has 1 saturated heterocycles. The molecule has 178 valence electrons. The lowest BCUT2D eigenvalue weighted by molar-refractivity contribution is 0.0693. The van der Waals surface area contributed by atoms with Crippen molar-refractivity contribution in [2.75, 3.05) is 44.7 Å². The van der Waals surface area contributed by atoms with Gasteiger partial charge in [0.25, 0.3) is 5.91 Å². The Morgan fingerprint density at radius 3 is 2.64 bits per heavy atom. The zero-order valence-electron chi connectivity index (χ0n) is 19.4. The number of benzene rings is 2. The molecular formula is C25H33N3O4S. The maximum Gasteiger partial charge on any atom is 0.257 e. The van der Waals surface area contributed by atoms with Crippen LogP contribution in [0, 0.1) is 5.92 Å². The first-order valence-electron chi connectivity index (χ1n) is 11.7. The van der Waals surface area contributed by atoms with Crippen LogP contribution in [0.4, 0.5) is 5.69 Å². The summed E-state index contributed by atoms with van der Waals surface area (Å²) in [6.07, 6.45) is 3.63. The number of anilines is 1. The molecule has 7 nitrogen and oxygen atoms in total. The molecule has 2 aromatic rings. The molecule has 1 fully saturated rings. The van der Waals surface area contributed by atoms with Gasteiger partial charge in [0.05, 0.1) is 17.6 Å². The molecule has 2 aromatic carbocycles. The molecule has 0 atom stereocenters. The minimum absolute atomic E-state index is 0.0866. The molecule has 0 spiro atoms. The predicted molar refractivity (Wildman–Crippen MR) is 129 cm³/mol. The van der Waals surface area contributed by atoms with Crippen LogP contribution in [-0.2, 0) is 16.4 Å². The Kier molecular flexibility index (Phi) is 7.24. The van der Waals surface area contributed by atoms with Gasteiger partial charge in [-0.05, 0) is 61.4 Å². The van der Waals surface area contributed by atoms with Gasteiger partial charge in [-0.1, -0.05) is 25.1 Å². The van der Waals surface area contributed by atoms with Crippen LogP contribution < -0.4 is 14.4 Å². The number of para-hydroxylation sites is 1. The van der Waals surface area contributed by atoms with Crippen LogP contribution in [0.1, 0.15) is 42.1 Å². The van der Waals surface area contributed by atoms with Gasteiger partial charge < -0.3 is 14.5 Å². The first-order valence-corrected chi connectivity index (χ1v) is 13.2. The number of fused-ring (bicyclic) bond motifs is 1.